The maximum Gasteiger partial charge on any atom is 0.303 e. The summed E-state index contributed by atoms with van der Waals surface area (Å²) in [6, 6.07) is 0. The molecule has 19 heavy (non-hydrogen) atoms. The molecule has 2 N–H and O–H groups in total. The lowest BCUT2D eigenvalue weighted by Crippen LogP contribution is -1.98. The molecule has 0 aliphatic heterocycles. The summed E-state index contributed by atoms with van der Waals surface area (Å²) in [5.41, 5.74) is 0. The van der Waals surface area contributed by atoms with Gasteiger partial charge in [0.25, 0.3) is 0 Å². The number of carboxylic acid groups (broad SMARTS) is 1. The van der Waals surface area contributed by atoms with Crippen molar-refractivity contribution in [2.24, 2.45) is 0 Å². The Kier molecular flexibility index (Phi) is 12.2. The van der Waals surface area contributed by atoms with E-state index in [-0.39, 0.29) is 6.42 Å². The van der Waals surface area contributed by atoms with Crippen LogP contribution >= 0.6 is 0 Å². The molecule has 0 rings (SSSR count). The molecule has 0 aromatic heterocycles. The second kappa shape index (κ2) is 13.1. The molecule has 0 bridgehead atoms. The van der Waals surface area contributed by atoms with Crippen molar-refractivity contribution in [3.05, 3.63) is 36.5 Å². The maximum absolute atomic E-state index is 10.3. The predicted octanol–water partition coefficient (Wildman–Crippen LogP) is 3.85. The molecule has 0 saturated carbocycles. The van der Waals surface area contributed by atoms with E-state index in [1.165, 1.54) is 0 Å². The van der Waals surface area contributed by atoms with E-state index >= 15 is 0 Å². The van der Waals surface area contributed by atoms with E-state index in [2.05, 4.69) is 13.0 Å². The van der Waals surface area contributed by atoms with Gasteiger partial charge in [-0.25, -0.2) is 0 Å². The Morgan fingerprint density at radius 3 is 2.58 bits per heavy atom. The lowest BCUT2D eigenvalue weighted by atomic mass is 10.1. The van der Waals surface area contributed by atoms with Crippen molar-refractivity contribution in [2.75, 3.05) is 0 Å². The number of hydrogen-bond donors (Lipinski definition) is 2. The molecule has 0 aliphatic rings. The van der Waals surface area contributed by atoms with Crippen LogP contribution in [0.3, 0.4) is 0 Å². The van der Waals surface area contributed by atoms with Gasteiger partial charge in [-0.05, 0) is 32.1 Å². The summed E-state index contributed by atoms with van der Waals surface area (Å²) in [5, 5.41) is 18.1. The topological polar surface area (TPSA) is 57.5 Å². The Morgan fingerprint density at radius 1 is 1.11 bits per heavy atom. The quantitative estimate of drug-likeness (QED) is 0.339. The van der Waals surface area contributed by atoms with Crippen LogP contribution in [0.25, 0.3) is 0 Å². The normalized spacial score (nSPS) is 13.8. The van der Waals surface area contributed by atoms with Gasteiger partial charge in [-0.1, -0.05) is 49.8 Å². The van der Waals surface area contributed by atoms with E-state index in [0.29, 0.717) is 6.42 Å². The van der Waals surface area contributed by atoms with Crippen LogP contribution in [-0.2, 0) is 4.79 Å². The van der Waals surface area contributed by atoms with Crippen molar-refractivity contribution < 1.29 is 15.0 Å². The van der Waals surface area contributed by atoms with E-state index in [1.54, 1.807) is 6.08 Å². The Labute approximate surface area is 116 Å². The molecule has 0 spiro atoms. The number of aliphatic hydroxyl groups is 1. The molecule has 3 heteroatoms. The van der Waals surface area contributed by atoms with Crippen LogP contribution in [0.1, 0.15) is 51.9 Å². The fraction of sp³-hybridized carbons (Fsp3) is 0.562. The van der Waals surface area contributed by atoms with Crippen LogP contribution in [0.15, 0.2) is 36.5 Å². The van der Waals surface area contributed by atoms with E-state index in [0.717, 1.165) is 32.1 Å². The molecule has 0 aliphatic carbocycles. The van der Waals surface area contributed by atoms with Crippen molar-refractivity contribution in [2.45, 2.75) is 58.0 Å². The van der Waals surface area contributed by atoms with Gasteiger partial charge in [0.1, 0.15) is 0 Å². The summed E-state index contributed by atoms with van der Waals surface area (Å²) in [6.07, 6.45) is 16.8. The molecule has 0 saturated heterocycles. The average Bonchev–Trinajstić information content (AvgIpc) is 2.37. The first-order chi connectivity index (χ1) is 9.16. The van der Waals surface area contributed by atoms with Gasteiger partial charge in [0, 0.05) is 6.42 Å². The minimum Gasteiger partial charge on any atom is -0.481 e. The van der Waals surface area contributed by atoms with Crippen molar-refractivity contribution in [3.8, 4) is 0 Å². The monoisotopic (exact) mass is 266 g/mol. The van der Waals surface area contributed by atoms with Gasteiger partial charge < -0.3 is 10.2 Å². The Hall–Kier alpha value is -1.35. The van der Waals surface area contributed by atoms with Crippen LogP contribution in [-0.4, -0.2) is 22.3 Å². The first kappa shape index (κ1) is 17.6. The largest absolute Gasteiger partial charge is 0.481 e. The van der Waals surface area contributed by atoms with Gasteiger partial charge in [-0.15, -0.1) is 0 Å². The molecule has 3 nitrogen and oxygen atoms in total. The predicted molar refractivity (Wildman–Crippen MR) is 79.1 cm³/mol. The van der Waals surface area contributed by atoms with Crippen molar-refractivity contribution in [1.82, 2.24) is 0 Å². The molecule has 0 amide bonds. The Balaban J connectivity index is 3.49. The van der Waals surface area contributed by atoms with Crippen LogP contribution in [0.5, 0.6) is 0 Å². The number of carboxylic acids is 1. The summed E-state index contributed by atoms with van der Waals surface area (Å²) < 4.78 is 0. The van der Waals surface area contributed by atoms with E-state index in [4.69, 9.17) is 5.11 Å². The number of hydrogen-bond acceptors (Lipinski definition) is 2. The lowest BCUT2D eigenvalue weighted by molar-refractivity contribution is -0.137. The zero-order chi connectivity index (χ0) is 14.3. The van der Waals surface area contributed by atoms with Crippen LogP contribution < -0.4 is 0 Å². The lowest BCUT2D eigenvalue weighted by Gasteiger charge is -1.99. The van der Waals surface area contributed by atoms with Gasteiger partial charge in [0.2, 0.25) is 0 Å². The van der Waals surface area contributed by atoms with E-state index in [9.17, 15) is 9.90 Å². The summed E-state index contributed by atoms with van der Waals surface area (Å²) in [6.45, 7) is 2.07. The molecule has 0 aromatic carbocycles. The number of aliphatic hydroxyl groups excluding tert-OH is 1. The molecule has 0 unspecified atom stereocenters. The maximum atomic E-state index is 10.3. The Bertz CT molecular complexity index is 303. The van der Waals surface area contributed by atoms with Crippen LogP contribution in [0.2, 0.25) is 0 Å². The first-order valence-corrected chi connectivity index (χ1v) is 7.05. The second-order valence-electron chi connectivity index (χ2n) is 4.49. The molecule has 1 atom stereocenters. The van der Waals surface area contributed by atoms with Crippen LogP contribution in [0, 0.1) is 0 Å². The third kappa shape index (κ3) is 14.6. The van der Waals surface area contributed by atoms with Crippen molar-refractivity contribution >= 4 is 5.97 Å². The molecule has 0 heterocycles. The minimum absolute atomic E-state index is 0.262. The van der Waals surface area contributed by atoms with E-state index in [1.807, 2.05) is 24.3 Å². The Morgan fingerprint density at radius 2 is 1.89 bits per heavy atom. The summed E-state index contributed by atoms with van der Waals surface area (Å²) in [4.78, 5) is 10.3. The standard InChI is InChI=1S/C16H26O3/c1-2-3-4-9-12-15(17)13-10-7-5-6-8-11-14-16(18)19/h3-4,7,9-10,12,15,17H,2,5-6,8,11,13-14H2,1H3,(H,18,19)/b4-3-,10-7-,12-9+/t15-/m0/s1. The molecule has 108 valence electrons. The second-order valence-corrected chi connectivity index (χ2v) is 4.49. The SMILES string of the molecule is CC/C=C\C=C\[C@H](O)C/C=C\CCCCCC(=O)O. The third-order valence-corrected chi connectivity index (χ3v) is 2.62. The highest BCUT2D eigenvalue weighted by molar-refractivity contribution is 5.66. The zero-order valence-electron chi connectivity index (χ0n) is 11.8. The fourth-order valence-corrected chi connectivity index (χ4v) is 1.55. The first-order valence-electron chi connectivity index (χ1n) is 7.05. The molecule has 0 fully saturated rings. The van der Waals surface area contributed by atoms with Crippen molar-refractivity contribution in [3.63, 3.8) is 0 Å². The number of aliphatic carboxylic acids is 1. The van der Waals surface area contributed by atoms with Crippen LogP contribution in [0.4, 0.5) is 0 Å². The average molecular weight is 266 g/mol. The van der Waals surface area contributed by atoms with E-state index < -0.39 is 12.1 Å². The minimum atomic E-state index is -0.720. The van der Waals surface area contributed by atoms with Gasteiger partial charge in [-0.2, -0.15) is 0 Å². The number of carbonyl (C=O) groups is 1. The van der Waals surface area contributed by atoms with Gasteiger partial charge in [0.15, 0.2) is 0 Å². The fourth-order valence-electron chi connectivity index (χ4n) is 1.55. The number of rotatable bonds is 11. The molecular formula is C16H26O3. The molecule has 0 radical (unpaired) electrons. The smallest absolute Gasteiger partial charge is 0.303 e. The number of unbranched alkanes of at least 4 members (excludes halogenated alkanes) is 3. The third-order valence-electron chi connectivity index (χ3n) is 2.62. The molecular weight excluding hydrogens is 240 g/mol. The summed E-state index contributed by atoms with van der Waals surface area (Å²) >= 11 is 0. The summed E-state index contributed by atoms with van der Waals surface area (Å²) in [7, 11) is 0. The highest BCUT2D eigenvalue weighted by atomic mass is 16.4. The number of allylic oxidation sites excluding steroid dienone is 4. The highest BCUT2D eigenvalue weighted by Crippen LogP contribution is 2.05. The summed E-state index contributed by atoms with van der Waals surface area (Å²) in [5.74, 6) is -0.720. The zero-order valence-corrected chi connectivity index (χ0v) is 11.8. The van der Waals surface area contributed by atoms with Crippen molar-refractivity contribution in [1.29, 1.82) is 0 Å². The van der Waals surface area contributed by atoms with Gasteiger partial charge in [-0.3, -0.25) is 4.79 Å². The van der Waals surface area contributed by atoms with Gasteiger partial charge >= 0.3 is 5.97 Å². The molecule has 0 aromatic rings. The highest BCUT2D eigenvalue weighted by Gasteiger charge is 1.95. The van der Waals surface area contributed by atoms with Gasteiger partial charge in [0.05, 0.1) is 6.10 Å².